The summed E-state index contributed by atoms with van der Waals surface area (Å²) in [5.74, 6) is 0.354. The van der Waals surface area contributed by atoms with E-state index in [1.54, 1.807) is 30.3 Å². The van der Waals surface area contributed by atoms with Crippen LogP contribution in [0, 0.1) is 0 Å². The summed E-state index contributed by atoms with van der Waals surface area (Å²) < 4.78 is 0. The molecule has 2 rings (SSSR count). The number of aliphatic hydroxyl groups is 2. The summed E-state index contributed by atoms with van der Waals surface area (Å²) in [5.41, 5.74) is 3.52. The average Bonchev–Trinajstić information content (AvgIpc) is 2.46. The highest BCUT2D eigenvalue weighted by Gasteiger charge is 2.09. The molecule has 2 aromatic rings. The van der Waals surface area contributed by atoms with Gasteiger partial charge in [-0.25, -0.2) is 0 Å². The smallest absolute Gasteiger partial charge is 0.119 e. The minimum atomic E-state index is 0.0360. The first-order valence-corrected chi connectivity index (χ1v) is 6.97. The number of hydrogen-bond acceptors (Lipinski definition) is 4. The molecule has 2 aromatic carbocycles. The molecule has 0 fully saturated rings. The fourth-order valence-corrected chi connectivity index (χ4v) is 2.41. The molecule has 4 N–H and O–H groups in total. The summed E-state index contributed by atoms with van der Waals surface area (Å²) in [6, 6.07) is 10.3. The quantitative estimate of drug-likeness (QED) is 0.653. The standard InChI is InChI=1S/C17H20O4/c18-7-5-12-1-4-17(21)15(9-12)10-14-11-16(20)3-2-13(14)6-8-19/h1-4,9,11,18-21H,5-8,10H2. The SMILES string of the molecule is OCCc1ccc(O)c(Cc2cc(O)ccc2CCO)c1. The number of aliphatic hydroxyl groups excluding tert-OH is 2. The molecule has 0 aliphatic heterocycles. The lowest BCUT2D eigenvalue weighted by Crippen LogP contribution is -2.00. The number of aromatic hydroxyl groups is 2. The van der Waals surface area contributed by atoms with E-state index in [0.717, 1.165) is 22.3 Å². The summed E-state index contributed by atoms with van der Waals surface area (Å²) >= 11 is 0. The molecule has 0 bridgehead atoms. The lowest BCUT2D eigenvalue weighted by Gasteiger charge is -2.12. The van der Waals surface area contributed by atoms with Crippen LogP contribution in [0.4, 0.5) is 0 Å². The van der Waals surface area contributed by atoms with Gasteiger partial charge >= 0.3 is 0 Å². The predicted molar refractivity (Wildman–Crippen MR) is 80.6 cm³/mol. The third kappa shape index (κ3) is 3.97. The Hall–Kier alpha value is -2.04. The molecule has 0 amide bonds. The Balaban J connectivity index is 2.32. The molecule has 4 nitrogen and oxygen atoms in total. The third-order valence-electron chi connectivity index (χ3n) is 3.50. The van der Waals surface area contributed by atoms with Crippen molar-refractivity contribution >= 4 is 0 Å². The number of phenolic OH excluding ortho intramolecular Hbond substituents is 2. The number of hydrogen-bond donors (Lipinski definition) is 4. The van der Waals surface area contributed by atoms with Crippen molar-refractivity contribution in [2.75, 3.05) is 13.2 Å². The van der Waals surface area contributed by atoms with Gasteiger partial charge in [0.05, 0.1) is 0 Å². The zero-order valence-corrected chi connectivity index (χ0v) is 11.8. The number of phenols is 2. The summed E-state index contributed by atoms with van der Waals surface area (Å²) in [6.45, 7) is 0.0976. The molecule has 0 saturated heterocycles. The van der Waals surface area contributed by atoms with Gasteiger partial charge in [-0.05, 0) is 53.3 Å². The highest BCUT2D eigenvalue weighted by atomic mass is 16.3. The first kappa shape index (κ1) is 15.4. The molecule has 0 spiro atoms. The Morgan fingerprint density at radius 1 is 0.714 bits per heavy atom. The van der Waals surface area contributed by atoms with Crippen molar-refractivity contribution in [3.05, 3.63) is 58.7 Å². The zero-order chi connectivity index (χ0) is 15.2. The maximum atomic E-state index is 9.98. The zero-order valence-electron chi connectivity index (χ0n) is 11.8. The van der Waals surface area contributed by atoms with E-state index < -0.39 is 0 Å². The van der Waals surface area contributed by atoms with Gasteiger partial charge in [0.25, 0.3) is 0 Å². The van der Waals surface area contributed by atoms with Gasteiger partial charge in [-0.1, -0.05) is 18.2 Å². The summed E-state index contributed by atoms with van der Waals surface area (Å²) in [4.78, 5) is 0. The molecule has 0 aliphatic rings. The fraction of sp³-hybridized carbons (Fsp3) is 0.294. The maximum absolute atomic E-state index is 9.98. The molecule has 0 atom stereocenters. The van der Waals surface area contributed by atoms with Gasteiger partial charge in [0, 0.05) is 19.6 Å². The van der Waals surface area contributed by atoms with Crippen molar-refractivity contribution in [1.82, 2.24) is 0 Å². The second kappa shape index (κ2) is 7.11. The topological polar surface area (TPSA) is 80.9 Å². The normalized spacial score (nSPS) is 10.8. The van der Waals surface area contributed by atoms with Crippen LogP contribution in [0.3, 0.4) is 0 Å². The van der Waals surface area contributed by atoms with Crippen LogP contribution in [0.2, 0.25) is 0 Å². The van der Waals surface area contributed by atoms with Crippen molar-refractivity contribution in [3.63, 3.8) is 0 Å². The molecule has 0 aromatic heterocycles. The first-order valence-electron chi connectivity index (χ1n) is 6.97. The van der Waals surface area contributed by atoms with E-state index in [4.69, 9.17) is 10.2 Å². The van der Waals surface area contributed by atoms with Gasteiger partial charge in [0.15, 0.2) is 0 Å². The van der Waals surface area contributed by atoms with Gasteiger partial charge in [-0.2, -0.15) is 0 Å². The summed E-state index contributed by atoms with van der Waals surface area (Å²) in [5, 5.41) is 37.7. The first-order chi connectivity index (χ1) is 10.1. The third-order valence-corrected chi connectivity index (χ3v) is 3.50. The van der Waals surface area contributed by atoms with Gasteiger partial charge in [0.1, 0.15) is 11.5 Å². The molecule has 21 heavy (non-hydrogen) atoms. The highest BCUT2D eigenvalue weighted by molar-refractivity contribution is 5.43. The van der Waals surface area contributed by atoms with Crippen LogP contribution in [-0.2, 0) is 19.3 Å². The lowest BCUT2D eigenvalue weighted by atomic mass is 9.96. The van der Waals surface area contributed by atoms with Crippen LogP contribution >= 0.6 is 0 Å². The van der Waals surface area contributed by atoms with Crippen LogP contribution < -0.4 is 0 Å². The van der Waals surface area contributed by atoms with E-state index >= 15 is 0 Å². The van der Waals surface area contributed by atoms with E-state index in [0.29, 0.717) is 19.3 Å². The van der Waals surface area contributed by atoms with E-state index in [2.05, 4.69) is 0 Å². The van der Waals surface area contributed by atoms with E-state index in [-0.39, 0.29) is 24.7 Å². The monoisotopic (exact) mass is 288 g/mol. The average molecular weight is 288 g/mol. The van der Waals surface area contributed by atoms with Crippen molar-refractivity contribution < 1.29 is 20.4 Å². The number of rotatable bonds is 6. The van der Waals surface area contributed by atoms with Crippen molar-refractivity contribution in [1.29, 1.82) is 0 Å². The Morgan fingerprint density at radius 3 is 2.19 bits per heavy atom. The van der Waals surface area contributed by atoms with E-state index in [1.807, 2.05) is 6.07 Å². The van der Waals surface area contributed by atoms with E-state index in [1.165, 1.54) is 0 Å². The summed E-state index contributed by atoms with van der Waals surface area (Å²) in [7, 11) is 0. The van der Waals surface area contributed by atoms with Crippen molar-refractivity contribution in [3.8, 4) is 11.5 Å². The predicted octanol–water partition coefficient (Wildman–Crippen LogP) is 1.76. The van der Waals surface area contributed by atoms with Crippen molar-refractivity contribution in [2.45, 2.75) is 19.3 Å². The Morgan fingerprint density at radius 2 is 1.48 bits per heavy atom. The van der Waals surface area contributed by atoms with Crippen LogP contribution in [0.15, 0.2) is 36.4 Å². The van der Waals surface area contributed by atoms with E-state index in [9.17, 15) is 10.2 Å². The Kier molecular flexibility index (Phi) is 5.20. The van der Waals surface area contributed by atoms with Gasteiger partial charge in [0.2, 0.25) is 0 Å². The van der Waals surface area contributed by atoms with Gasteiger partial charge in [-0.3, -0.25) is 0 Å². The molecule has 4 heteroatoms. The van der Waals surface area contributed by atoms with Crippen LogP contribution in [-0.4, -0.2) is 33.6 Å². The number of benzene rings is 2. The minimum absolute atomic E-state index is 0.0360. The summed E-state index contributed by atoms with van der Waals surface area (Å²) in [6.07, 6.45) is 1.51. The van der Waals surface area contributed by atoms with Crippen LogP contribution in [0.5, 0.6) is 11.5 Å². The molecule has 0 aliphatic carbocycles. The lowest BCUT2D eigenvalue weighted by molar-refractivity contribution is 0.299. The molecule has 0 heterocycles. The second-order valence-corrected chi connectivity index (χ2v) is 5.04. The molecule has 0 unspecified atom stereocenters. The fourth-order valence-electron chi connectivity index (χ4n) is 2.41. The minimum Gasteiger partial charge on any atom is -0.508 e. The van der Waals surface area contributed by atoms with Crippen molar-refractivity contribution in [2.24, 2.45) is 0 Å². The Labute approximate surface area is 123 Å². The van der Waals surface area contributed by atoms with Crippen LogP contribution in [0.1, 0.15) is 22.3 Å². The molecule has 0 radical (unpaired) electrons. The molecule has 112 valence electrons. The van der Waals surface area contributed by atoms with Crippen LogP contribution in [0.25, 0.3) is 0 Å². The molecular formula is C17H20O4. The molecular weight excluding hydrogens is 268 g/mol. The highest BCUT2D eigenvalue weighted by Crippen LogP contribution is 2.26. The molecule has 0 saturated carbocycles. The van der Waals surface area contributed by atoms with Gasteiger partial charge < -0.3 is 20.4 Å². The largest absolute Gasteiger partial charge is 0.508 e. The van der Waals surface area contributed by atoms with Gasteiger partial charge in [-0.15, -0.1) is 0 Å². The Bertz CT molecular complexity index is 608. The maximum Gasteiger partial charge on any atom is 0.119 e. The second-order valence-electron chi connectivity index (χ2n) is 5.04.